The second-order valence-corrected chi connectivity index (χ2v) is 12.1. The minimum Gasteiger partial charge on any atom is -0.398 e. The Morgan fingerprint density at radius 1 is 0.607 bits per heavy atom. The summed E-state index contributed by atoms with van der Waals surface area (Å²) in [6, 6.07) is 1.09. The first-order chi connectivity index (χ1) is 13.7. The molecule has 0 aliphatic carbocycles. The summed E-state index contributed by atoms with van der Waals surface area (Å²) in [6.45, 7) is 5.19. The Morgan fingerprint density at radius 3 is 1.50 bits per heavy atom. The van der Waals surface area contributed by atoms with Gasteiger partial charge in [0.05, 0.1) is 6.67 Å². The van der Waals surface area contributed by atoms with Gasteiger partial charge in [0.15, 0.2) is 0 Å². The molecule has 0 fully saturated rings. The predicted octanol–water partition coefficient (Wildman–Crippen LogP) is 8.73. The molecule has 0 saturated carbocycles. The third-order valence-corrected chi connectivity index (χ3v) is 8.79. The molecule has 170 valence electrons. The molecule has 0 aliphatic rings. The van der Waals surface area contributed by atoms with Gasteiger partial charge in [0, 0.05) is 13.7 Å². The van der Waals surface area contributed by atoms with E-state index in [1.807, 2.05) is 7.11 Å². The Kier molecular flexibility index (Phi) is 21.8. The van der Waals surface area contributed by atoms with E-state index in [0.717, 1.165) is 31.9 Å². The van der Waals surface area contributed by atoms with Crippen molar-refractivity contribution in [1.29, 1.82) is 0 Å². The molecule has 4 heteroatoms. The SMILES string of the molecule is CCCCCCCCCCCCCCO[Si](C)(CCCCCCCCF)OC. The maximum absolute atomic E-state index is 12.1. The third kappa shape index (κ3) is 19.4. The fourth-order valence-corrected chi connectivity index (χ4v) is 5.65. The fourth-order valence-electron chi connectivity index (χ4n) is 3.71. The van der Waals surface area contributed by atoms with Crippen molar-refractivity contribution in [2.75, 3.05) is 20.4 Å². The van der Waals surface area contributed by atoms with Crippen molar-refractivity contribution in [3.63, 3.8) is 0 Å². The van der Waals surface area contributed by atoms with Gasteiger partial charge in [-0.3, -0.25) is 4.39 Å². The van der Waals surface area contributed by atoms with Crippen LogP contribution in [0.15, 0.2) is 0 Å². The van der Waals surface area contributed by atoms with Gasteiger partial charge in [-0.25, -0.2) is 0 Å². The second-order valence-electron chi connectivity index (χ2n) is 8.64. The quantitative estimate of drug-likeness (QED) is 0.122. The van der Waals surface area contributed by atoms with Gasteiger partial charge in [-0.2, -0.15) is 0 Å². The monoisotopic (exact) mass is 418 g/mol. The zero-order valence-electron chi connectivity index (χ0n) is 19.5. The topological polar surface area (TPSA) is 18.5 Å². The lowest BCUT2D eigenvalue weighted by Crippen LogP contribution is -2.37. The van der Waals surface area contributed by atoms with E-state index in [1.165, 1.54) is 96.3 Å². The van der Waals surface area contributed by atoms with E-state index in [1.54, 1.807) is 0 Å². The largest absolute Gasteiger partial charge is 0.398 e. The molecule has 0 aromatic heterocycles. The van der Waals surface area contributed by atoms with Gasteiger partial charge in [-0.05, 0) is 25.4 Å². The fraction of sp³-hybridized carbons (Fsp3) is 1.00. The summed E-state index contributed by atoms with van der Waals surface area (Å²) in [7, 11) is -0.144. The Morgan fingerprint density at radius 2 is 1.04 bits per heavy atom. The van der Waals surface area contributed by atoms with Crippen LogP contribution in [0, 0.1) is 0 Å². The van der Waals surface area contributed by atoms with Crippen LogP contribution in [0.5, 0.6) is 0 Å². The van der Waals surface area contributed by atoms with Gasteiger partial charge in [-0.15, -0.1) is 0 Å². The first-order valence-electron chi connectivity index (χ1n) is 12.4. The molecule has 0 bridgehead atoms. The van der Waals surface area contributed by atoms with Crippen LogP contribution in [0.3, 0.4) is 0 Å². The highest BCUT2D eigenvalue weighted by molar-refractivity contribution is 6.65. The Hall–Kier alpha value is 0.0669. The van der Waals surface area contributed by atoms with Gasteiger partial charge in [0.2, 0.25) is 0 Å². The van der Waals surface area contributed by atoms with Crippen molar-refractivity contribution in [3.8, 4) is 0 Å². The van der Waals surface area contributed by atoms with Crippen LogP contribution in [-0.2, 0) is 8.85 Å². The second kappa shape index (κ2) is 21.8. The number of hydrogen-bond donors (Lipinski definition) is 0. The highest BCUT2D eigenvalue weighted by atomic mass is 28.4. The van der Waals surface area contributed by atoms with Crippen LogP contribution < -0.4 is 0 Å². The lowest BCUT2D eigenvalue weighted by molar-refractivity contribution is 0.198. The van der Waals surface area contributed by atoms with E-state index >= 15 is 0 Å². The molecule has 0 amide bonds. The van der Waals surface area contributed by atoms with Crippen molar-refractivity contribution in [1.82, 2.24) is 0 Å². The summed E-state index contributed by atoms with van der Waals surface area (Å²) in [5.74, 6) is 0. The standard InChI is InChI=1S/C24H51FO2Si/c1-4-5-6-7-8-9-10-11-12-14-17-20-23-27-28(3,26-2)24-21-18-15-13-16-19-22-25/h4-24H2,1-3H3. The molecule has 0 saturated heterocycles. The molecule has 0 N–H and O–H groups in total. The Bertz CT molecular complexity index is 304. The van der Waals surface area contributed by atoms with E-state index < -0.39 is 8.56 Å². The molecule has 0 aromatic carbocycles. The van der Waals surface area contributed by atoms with Crippen LogP contribution in [-0.4, -0.2) is 29.0 Å². The summed E-state index contributed by atoms with van der Waals surface area (Å²) in [4.78, 5) is 0. The van der Waals surface area contributed by atoms with Gasteiger partial charge < -0.3 is 8.85 Å². The van der Waals surface area contributed by atoms with Gasteiger partial charge >= 0.3 is 8.56 Å². The molecule has 1 atom stereocenters. The Balaban J connectivity index is 3.43. The summed E-state index contributed by atoms with van der Waals surface area (Å²) in [5, 5.41) is 0. The number of halogens is 1. The molecule has 0 aromatic rings. The van der Waals surface area contributed by atoms with Crippen molar-refractivity contribution in [2.24, 2.45) is 0 Å². The summed E-state index contributed by atoms with van der Waals surface area (Å²) < 4.78 is 24.0. The van der Waals surface area contributed by atoms with Crippen molar-refractivity contribution >= 4 is 8.56 Å². The maximum Gasteiger partial charge on any atom is 0.334 e. The molecular weight excluding hydrogens is 367 g/mol. The van der Waals surface area contributed by atoms with E-state index in [2.05, 4.69) is 13.5 Å². The molecule has 28 heavy (non-hydrogen) atoms. The first-order valence-corrected chi connectivity index (χ1v) is 15.0. The van der Waals surface area contributed by atoms with Crippen molar-refractivity contribution in [2.45, 2.75) is 135 Å². The van der Waals surface area contributed by atoms with E-state index in [-0.39, 0.29) is 6.67 Å². The molecule has 0 aliphatic heterocycles. The average molecular weight is 419 g/mol. The maximum atomic E-state index is 12.1. The lowest BCUT2D eigenvalue weighted by atomic mass is 10.1. The summed E-state index contributed by atoms with van der Waals surface area (Å²) >= 11 is 0. The molecular formula is C24H51FO2Si. The van der Waals surface area contributed by atoms with Crippen molar-refractivity contribution < 1.29 is 13.2 Å². The van der Waals surface area contributed by atoms with Crippen LogP contribution >= 0.6 is 0 Å². The number of rotatable bonds is 23. The molecule has 0 heterocycles. The smallest absolute Gasteiger partial charge is 0.334 e. The highest BCUT2D eigenvalue weighted by Gasteiger charge is 2.29. The predicted molar refractivity (Wildman–Crippen MR) is 124 cm³/mol. The van der Waals surface area contributed by atoms with E-state index in [4.69, 9.17) is 8.85 Å². The van der Waals surface area contributed by atoms with Crippen LogP contribution in [0.25, 0.3) is 0 Å². The first kappa shape index (κ1) is 28.1. The normalized spacial score (nSPS) is 13.7. The van der Waals surface area contributed by atoms with Gasteiger partial charge in [0.1, 0.15) is 0 Å². The molecule has 0 spiro atoms. The number of unbranched alkanes of at least 4 members (excludes halogenated alkanes) is 16. The zero-order chi connectivity index (χ0) is 20.8. The number of hydrogen-bond acceptors (Lipinski definition) is 2. The molecule has 0 rings (SSSR count). The minimum atomic E-state index is -1.96. The molecule has 1 unspecified atom stereocenters. The lowest BCUT2D eigenvalue weighted by Gasteiger charge is -2.25. The molecule has 0 radical (unpaired) electrons. The van der Waals surface area contributed by atoms with E-state index in [9.17, 15) is 4.39 Å². The van der Waals surface area contributed by atoms with E-state index in [0.29, 0.717) is 0 Å². The van der Waals surface area contributed by atoms with Crippen LogP contribution in [0.4, 0.5) is 4.39 Å². The van der Waals surface area contributed by atoms with Crippen LogP contribution in [0.1, 0.15) is 122 Å². The highest BCUT2D eigenvalue weighted by Crippen LogP contribution is 2.19. The van der Waals surface area contributed by atoms with Crippen LogP contribution in [0.2, 0.25) is 12.6 Å². The summed E-state index contributed by atoms with van der Waals surface area (Å²) in [6.07, 6.45) is 23.1. The van der Waals surface area contributed by atoms with Gasteiger partial charge in [-0.1, -0.05) is 110 Å². The van der Waals surface area contributed by atoms with Crippen molar-refractivity contribution in [3.05, 3.63) is 0 Å². The van der Waals surface area contributed by atoms with Gasteiger partial charge in [0.25, 0.3) is 0 Å². The zero-order valence-corrected chi connectivity index (χ0v) is 20.5. The Labute approximate surface area is 177 Å². The number of alkyl halides is 1. The average Bonchev–Trinajstić information content (AvgIpc) is 2.71. The third-order valence-electron chi connectivity index (χ3n) is 5.85. The molecule has 2 nitrogen and oxygen atoms in total. The summed E-state index contributed by atoms with van der Waals surface area (Å²) in [5.41, 5.74) is 0. The minimum absolute atomic E-state index is 0.165.